The van der Waals surface area contributed by atoms with Crippen molar-refractivity contribution in [3.8, 4) is 5.75 Å². The lowest BCUT2D eigenvalue weighted by molar-refractivity contribution is 0.341. The van der Waals surface area contributed by atoms with Crippen LogP contribution in [0.5, 0.6) is 5.75 Å². The summed E-state index contributed by atoms with van der Waals surface area (Å²) >= 11 is 5.96. The zero-order valence-electron chi connectivity index (χ0n) is 7.30. The molecule has 0 atom stereocenters. The van der Waals surface area contributed by atoms with Gasteiger partial charge in [0.2, 0.25) is 0 Å². The van der Waals surface area contributed by atoms with Gasteiger partial charge in [-0.3, -0.25) is 0 Å². The number of H-pyrrole nitrogens is 1. The van der Waals surface area contributed by atoms with E-state index in [9.17, 15) is 0 Å². The fourth-order valence-electron chi connectivity index (χ4n) is 1.32. The predicted molar refractivity (Wildman–Crippen MR) is 54.5 cm³/mol. The molecule has 1 aromatic carbocycles. The molecule has 2 aromatic rings. The molecule has 0 amide bonds. The fourth-order valence-corrected chi connectivity index (χ4v) is 1.53. The first-order valence-electron chi connectivity index (χ1n) is 4.20. The Morgan fingerprint density at radius 3 is 3.08 bits per heavy atom. The van der Waals surface area contributed by atoms with Crippen molar-refractivity contribution in [1.82, 2.24) is 4.98 Å². The van der Waals surface area contributed by atoms with Crippen molar-refractivity contribution in [3.05, 3.63) is 29.4 Å². The lowest BCUT2D eigenvalue weighted by Gasteiger charge is -2.01. The molecular formula is C10H10ClNO. The van der Waals surface area contributed by atoms with Crippen LogP contribution >= 0.6 is 11.6 Å². The molecule has 0 bridgehead atoms. The fraction of sp³-hybridized carbons (Fsp3) is 0.200. The molecule has 0 saturated carbocycles. The molecule has 0 unspecified atom stereocenters. The summed E-state index contributed by atoms with van der Waals surface area (Å²) in [5.41, 5.74) is 1.04. The number of rotatable bonds is 2. The van der Waals surface area contributed by atoms with Crippen molar-refractivity contribution in [2.24, 2.45) is 0 Å². The maximum atomic E-state index is 5.96. The van der Waals surface area contributed by atoms with Gasteiger partial charge in [-0.2, -0.15) is 0 Å². The summed E-state index contributed by atoms with van der Waals surface area (Å²) in [4.78, 5) is 3.07. The number of hydrogen-bond acceptors (Lipinski definition) is 1. The van der Waals surface area contributed by atoms with Crippen LogP contribution < -0.4 is 4.74 Å². The van der Waals surface area contributed by atoms with E-state index in [-0.39, 0.29) is 0 Å². The van der Waals surface area contributed by atoms with Gasteiger partial charge in [-0.05, 0) is 25.1 Å². The molecule has 68 valence electrons. The number of aromatic amines is 1. The second kappa shape index (κ2) is 3.30. The molecule has 0 spiro atoms. The first-order chi connectivity index (χ1) is 6.31. The Labute approximate surface area is 81.5 Å². The lowest BCUT2D eigenvalue weighted by atomic mass is 10.2. The summed E-state index contributed by atoms with van der Waals surface area (Å²) in [5, 5.41) is 1.74. The molecular weight excluding hydrogens is 186 g/mol. The third-order valence-electron chi connectivity index (χ3n) is 1.91. The highest BCUT2D eigenvalue weighted by Crippen LogP contribution is 2.26. The van der Waals surface area contributed by atoms with Crippen molar-refractivity contribution >= 4 is 22.5 Å². The highest BCUT2D eigenvalue weighted by Gasteiger charge is 2.01. The summed E-state index contributed by atoms with van der Waals surface area (Å²) < 4.78 is 5.37. The third kappa shape index (κ3) is 1.49. The van der Waals surface area contributed by atoms with Crippen molar-refractivity contribution in [2.45, 2.75) is 6.92 Å². The minimum absolute atomic E-state index is 0.674. The standard InChI is InChI=1S/C10H10ClNO/c1-2-13-7-3-4-10-8(5-7)9(11)6-12-10/h3-6,12H,2H2,1H3. The van der Waals surface area contributed by atoms with Gasteiger partial charge in [-0.1, -0.05) is 11.6 Å². The topological polar surface area (TPSA) is 25.0 Å². The molecule has 1 heterocycles. The summed E-state index contributed by atoms with van der Waals surface area (Å²) in [7, 11) is 0. The van der Waals surface area contributed by atoms with Crippen LogP contribution in [0.4, 0.5) is 0 Å². The number of aromatic nitrogens is 1. The summed E-state index contributed by atoms with van der Waals surface area (Å²) in [6.45, 7) is 2.64. The van der Waals surface area contributed by atoms with E-state index in [0.29, 0.717) is 6.61 Å². The second-order valence-electron chi connectivity index (χ2n) is 2.78. The molecule has 0 saturated heterocycles. The number of fused-ring (bicyclic) bond motifs is 1. The van der Waals surface area contributed by atoms with Gasteiger partial charge in [0.15, 0.2) is 0 Å². The molecule has 0 aliphatic rings. The number of nitrogens with one attached hydrogen (secondary N) is 1. The smallest absolute Gasteiger partial charge is 0.120 e. The Hall–Kier alpha value is -1.15. The molecule has 3 heteroatoms. The summed E-state index contributed by atoms with van der Waals surface area (Å²) in [5.74, 6) is 0.858. The van der Waals surface area contributed by atoms with Gasteiger partial charge in [-0.25, -0.2) is 0 Å². The SMILES string of the molecule is CCOc1ccc2[nH]cc(Cl)c2c1. The van der Waals surface area contributed by atoms with E-state index in [1.807, 2.05) is 25.1 Å². The van der Waals surface area contributed by atoms with Crippen LogP contribution in [0.2, 0.25) is 5.02 Å². The van der Waals surface area contributed by atoms with Crippen LogP contribution in [0, 0.1) is 0 Å². The molecule has 0 fully saturated rings. The van der Waals surface area contributed by atoms with Gasteiger partial charge in [-0.15, -0.1) is 0 Å². The van der Waals surface area contributed by atoms with Crippen molar-refractivity contribution in [3.63, 3.8) is 0 Å². The maximum Gasteiger partial charge on any atom is 0.120 e. The number of ether oxygens (including phenoxy) is 1. The molecule has 1 N–H and O–H groups in total. The first kappa shape index (κ1) is 8.45. The third-order valence-corrected chi connectivity index (χ3v) is 2.23. The average molecular weight is 196 g/mol. The highest BCUT2D eigenvalue weighted by molar-refractivity contribution is 6.35. The van der Waals surface area contributed by atoms with Gasteiger partial charge < -0.3 is 9.72 Å². The minimum Gasteiger partial charge on any atom is -0.494 e. The Kier molecular flexibility index (Phi) is 2.15. The van der Waals surface area contributed by atoms with E-state index in [2.05, 4.69) is 4.98 Å². The second-order valence-corrected chi connectivity index (χ2v) is 3.18. The van der Waals surface area contributed by atoms with E-state index in [1.54, 1.807) is 6.20 Å². The summed E-state index contributed by atoms with van der Waals surface area (Å²) in [6, 6.07) is 5.84. The van der Waals surface area contributed by atoms with Crippen LogP contribution in [0.25, 0.3) is 10.9 Å². The Morgan fingerprint density at radius 1 is 1.46 bits per heavy atom. The van der Waals surface area contributed by atoms with E-state index in [1.165, 1.54) is 0 Å². The van der Waals surface area contributed by atoms with Gasteiger partial charge in [0, 0.05) is 17.1 Å². The molecule has 0 aliphatic carbocycles. The van der Waals surface area contributed by atoms with Gasteiger partial charge in [0.05, 0.1) is 11.6 Å². The average Bonchev–Trinajstić information content (AvgIpc) is 2.49. The van der Waals surface area contributed by atoms with Crippen LogP contribution in [0.15, 0.2) is 24.4 Å². The van der Waals surface area contributed by atoms with E-state index in [4.69, 9.17) is 16.3 Å². The van der Waals surface area contributed by atoms with Crippen LogP contribution in [0.3, 0.4) is 0 Å². The molecule has 13 heavy (non-hydrogen) atoms. The maximum absolute atomic E-state index is 5.96. The van der Waals surface area contributed by atoms with E-state index in [0.717, 1.165) is 21.7 Å². The van der Waals surface area contributed by atoms with Crippen molar-refractivity contribution in [1.29, 1.82) is 0 Å². The van der Waals surface area contributed by atoms with Crippen LogP contribution in [0.1, 0.15) is 6.92 Å². The van der Waals surface area contributed by atoms with E-state index < -0.39 is 0 Å². The van der Waals surface area contributed by atoms with E-state index >= 15 is 0 Å². The minimum atomic E-state index is 0.674. The zero-order valence-corrected chi connectivity index (χ0v) is 8.06. The Morgan fingerprint density at radius 2 is 2.31 bits per heavy atom. The number of hydrogen-bond donors (Lipinski definition) is 1. The Balaban J connectivity index is 2.53. The largest absolute Gasteiger partial charge is 0.494 e. The molecule has 2 nitrogen and oxygen atoms in total. The van der Waals surface area contributed by atoms with Gasteiger partial charge >= 0.3 is 0 Å². The zero-order chi connectivity index (χ0) is 9.26. The quantitative estimate of drug-likeness (QED) is 0.782. The predicted octanol–water partition coefficient (Wildman–Crippen LogP) is 3.22. The van der Waals surface area contributed by atoms with Crippen LogP contribution in [-0.2, 0) is 0 Å². The molecule has 2 rings (SSSR count). The first-order valence-corrected chi connectivity index (χ1v) is 4.58. The number of benzene rings is 1. The lowest BCUT2D eigenvalue weighted by Crippen LogP contribution is -1.90. The van der Waals surface area contributed by atoms with Crippen molar-refractivity contribution in [2.75, 3.05) is 6.61 Å². The summed E-state index contributed by atoms with van der Waals surface area (Å²) in [6.07, 6.45) is 1.78. The molecule has 0 radical (unpaired) electrons. The van der Waals surface area contributed by atoms with Gasteiger partial charge in [0.25, 0.3) is 0 Å². The molecule has 1 aromatic heterocycles. The number of halogens is 1. The normalized spacial score (nSPS) is 10.6. The van der Waals surface area contributed by atoms with Crippen molar-refractivity contribution < 1.29 is 4.74 Å². The van der Waals surface area contributed by atoms with Crippen LogP contribution in [-0.4, -0.2) is 11.6 Å². The monoisotopic (exact) mass is 195 g/mol. The molecule has 0 aliphatic heterocycles. The van der Waals surface area contributed by atoms with Gasteiger partial charge in [0.1, 0.15) is 5.75 Å². The highest BCUT2D eigenvalue weighted by atomic mass is 35.5. The Bertz CT molecular complexity index is 422.